The molecule has 0 amide bonds. The summed E-state index contributed by atoms with van der Waals surface area (Å²) in [5, 5.41) is 6.98. The molecule has 2 nitrogen and oxygen atoms in total. The Kier molecular flexibility index (Phi) is 3.30. The smallest absolute Gasteiger partial charge is 0.103 e. The summed E-state index contributed by atoms with van der Waals surface area (Å²) in [5.74, 6) is 2.31. The van der Waals surface area contributed by atoms with Crippen LogP contribution in [0.1, 0.15) is 38.5 Å². The number of hydrogen-bond acceptors (Lipinski definition) is 3. The third-order valence-corrected chi connectivity index (χ3v) is 3.66. The molecule has 0 aliphatic heterocycles. The molecule has 0 N–H and O–H groups in total. The Bertz CT molecular complexity index is 175. The summed E-state index contributed by atoms with van der Waals surface area (Å²) in [6.07, 6.45) is 9.36. The fraction of sp³-hybridized carbons (Fsp3) is 0.800. The Morgan fingerprint density at radius 2 is 1.15 bits per heavy atom. The van der Waals surface area contributed by atoms with Gasteiger partial charge >= 0.3 is 0 Å². The number of fused-ring (bicyclic) bond motifs is 3. The molecule has 72 valence electrons. The van der Waals surface area contributed by atoms with Crippen molar-refractivity contribution in [3.8, 4) is 0 Å². The van der Waals surface area contributed by atoms with Crippen molar-refractivity contribution in [2.24, 2.45) is 11.8 Å². The third-order valence-electron chi connectivity index (χ3n) is 3.23. The third kappa shape index (κ3) is 2.76. The number of aromatic nitrogens is 2. The van der Waals surface area contributed by atoms with Gasteiger partial charge in [-0.25, -0.2) is 0 Å². The maximum absolute atomic E-state index is 3.49. The molecular formula is C10H16N2S. The van der Waals surface area contributed by atoms with E-state index in [9.17, 15) is 0 Å². The minimum Gasteiger partial charge on any atom is -0.147 e. The SMILES string of the molecule is C1CC2CCC1CC2.c1nncs1. The minimum absolute atomic E-state index is 1.15. The molecule has 0 saturated heterocycles. The van der Waals surface area contributed by atoms with Gasteiger partial charge in [0.2, 0.25) is 0 Å². The van der Waals surface area contributed by atoms with E-state index in [0.29, 0.717) is 0 Å². The lowest BCUT2D eigenvalue weighted by atomic mass is 9.71. The molecule has 4 rings (SSSR count). The van der Waals surface area contributed by atoms with E-state index in [2.05, 4.69) is 10.2 Å². The molecule has 3 heteroatoms. The highest BCUT2D eigenvalue weighted by atomic mass is 32.1. The zero-order chi connectivity index (χ0) is 8.93. The molecule has 1 heterocycles. The van der Waals surface area contributed by atoms with Gasteiger partial charge in [-0.2, -0.15) is 0 Å². The van der Waals surface area contributed by atoms with Crippen LogP contribution in [0.2, 0.25) is 0 Å². The van der Waals surface area contributed by atoms with E-state index in [0.717, 1.165) is 11.8 Å². The van der Waals surface area contributed by atoms with E-state index < -0.39 is 0 Å². The van der Waals surface area contributed by atoms with Gasteiger partial charge in [-0.15, -0.1) is 21.5 Å². The van der Waals surface area contributed by atoms with Crippen molar-refractivity contribution in [3.05, 3.63) is 11.0 Å². The lowest BCUT2D eigenvalue weighted by Gasteiger charge is -2.35. The second-order valence-electron chi connectivity index (χ2n) is 4.04. The van der Waals surface area contributed by atoms with E-state index >= 15 is 0 Å². The first-order valence-corrected chi connectivity index (χ1v) is 6.08. The summed E-state index contributed by atoms with van der Waals surface area (Å²) >= 11 is 1.49. The Morgan fingerprint density at radius 1 is 0.769 bits per heavy atom. The van der Waals surface area contributed by atoms with Crippen molar-refractivity contribution >= 4 is 11.3 Å². The Morgan fingerprint density at radius 3 is 1.31 bits per heavy atom. The fourth-order valence-electron chi connectivity index (χ4n) is 2.42. The van der Waals surface area contributed by atoms with Gasteiger partial charge in [-0.1, -0.05) is 38.5 Å². The van der Waals surface area contributed by atoms with Crippen molar-refractivity contribution in [1.82, 2.24) is 10.2 Å². The topological polar surface area (TPSA) is 25.8 Å². The summed E-state index contributed by atoms with van der Waals surface area (Å²) in [7, 11) is 0. The zero-order valence-electron chi connectivity index (χ0n) is 7.85. The molecule has 2 bridgehead atoms. The summed E-state index contributed by atoms with van der Waals surface area (Å²) in [5.41, 5.74) is 3.36. The van der Waals surface area contributed by atoms with Crippen LogP contribution < -0.4 is 0 Å². The van der Waals surface area contributed by atoms with Gasteiger partial charge in [-0.3, -0.25) is 0 Å². The molecule has 3 aliphatic carbocycles. The van der Waals surface area contributed by atoms with Crippen molar-refractivity contribution in [2.75, 3.05) is 0 Å². The molecule has 3 fully saturated rings. The van der Waals surface area contributed by atoms with Crippen LogP contribution in [0, 0.1) is 11.8 Å². The quantitative estimate of drug-likeness (QED) is 0.637. The molecule has 3 saturated carbocycles. The maximum Gasteiger partial charge on any atom is 0.103 e. The molecule has 0 radical (unpaired) electrons. The van der Waals surface area contributed by atoms with E-state index in [1.807, 2.05) is 0 Å². The number of nitrogens with zero attached hydrogens (tertiary/aromatic N) is 2. The van der Waals surface area contributed by atoms with Crippen LogP contribution in [0.4, 0.5) is 0 Å². The Labute approximate surface area is 83.4 Å². The van der Waals surface area contributed by atoms with Gasteiger partial charge < -0.3 is 0 Å². The monoisotopic (exact) mass is 196 g/mol. The van der Waals surface area contributed by atoms with Gasteiger partial charge in [0.25, 0.3) is 0 Å². The Hall–Kier alpha value is -0.440. The predicted molar refractivity (Wildman–Crippen MR) is 54.6 cm³/mol. The molecule has 1 aromatic heterocycles. The maximum atomic E-state index is 3.49. The predicted octanol–water partition coefficient (Wildman–Crippen LogP) is 3.12. The standard InChI is InChI=1S/C8H14.C2H2N2S/c1-2-8-5-3-7(1)4-6-8;1-3-4-2-5-1/h7-8H,1-6H2;1-2H. The zero-order valence-corrected chi connectivity index (χ0v) is 8.67. The molecule has 0 unspecified atom stereocenters. The van der Waals surface area contributed by atoms with Crippen LogP contribution in [-0.4, -0.2) is 10.2 Å². The van der Waals surface area contributed by atoms with Crippen LogP contribution >= 0.6 is 11.3 Å². The normalized spacial score (nSPS) is 30.8. The van der Waals surface area contributed by atoms with Gasteiger partial charge in [0, 0.05) is 0 Å². The average molecular weight is 196 g/mol. The first-order chi connectivity index (χ1) is 6.45. The van der Waals surface area contributed by atoms with Crippen LogP contribution in [0.3, 0.4) is 0 Å². The van der Waals surface area contributed by atoms with Crippen molar-refractivity contribution < 1.29 is 0 Å². The lowest BCUT2D eigenvalue weighted by Crippen LogP contribution is -2.21. The molecule has 3 aliphatic rings. The van der Waals surface area contributed by atoms with Crippen molar-refractivity contribution in [3.63, 3.8) is 0 Å². The number of rotatable bonds is 0. The highest BCUT2D eigenvalue weighted by Gasteiger charge is 2.26. The van der Waals surface area contributed by atoms with Crippen LogP contribution in [-0.2, 0) is 0 Å². The summed E-state index contributed by atoms with van der Waals surface area (Å²) in [4.78, 5) is 0. The van der Waals surface area contributed by atoms with E-state index in [4.69, 9.17) is 0 Å². The van der Waals surface area contributed by atoms with Gasteiger partial charge in [0.05, 0.1) is 0 Å². The van der Waals surface area contributed by atoms with E-state index in [1.54, 1.807) is 49.5 Å². The second-order valence-corrected chi connectivity index (χ2v) is 4.74. The second kappa shape index (κ2) is 4.70. The van der Waals surface area contributed by atoms with Gasteiger partial charge in [0.1, 0.15) is 11.0 Å². The largest absolute Gasteiger partial charge is 0.147 e. The fourth-order valence-corrected chi connectivity index (χ4v) is 2.69. The summed E-state index contributed by atoms with van der Waals surface area (Å²) in [6, 6.07) is 0. The van der Waals surface area contributed by atoms with Crippen LogP contribution in [0.15, 0.2) is 11.0 Å². The van der Waals surface area contributed by atoms with E-state index in [1.165, 1.54) is 11.3 Å². The molecule has 1 aromatic rings. The first kappa shape index (κ1) is 9.13. The van der Waals surface area contributed by atoms with Crippen LogP contribution in [0.5, 0.6) is 0 Å². The van der Waals surface area contributed by atoms with Crippen LogP contribution in [0.25, 0.3) is 0 Å². The molecule has 0 spiro atoms. The summed E-state index contributed by atoms with van der Waals surface area (Å²) < 4.78 is 0. The highest BCUT2D eigenvalue weighted by Crippen LogP contribution is 2.40. The molecule has 0 aromatic carbocycles. The molecule has 0 atom stereocenters. The summed E-state index contributed by atoms with van der Waals surface area (Å²) in [6.45, 7) is 0. The lowest BCUT2D eigenvalue weighted by molar-refractivity contribution is 0.176. The Balaban J connectivity index is 0.000000113. The average Bonchev–Trinajstić information content (AvgIpc) is 2.79. The highest BCUT2D eigenvalue weighted by molar-refractivity contribution is 7.07. The van der Waals surface area contributed by atoms with Gasteiger partial charge in [-0.05, 0) is 11.8 Å². The van der Waals surface area contributed by atoms with E-state index in [-0.39, 0.29) is 0 Å². The molecule has 13 heavy (non-hydrogen) atoms. The molecular weight excluding hydrogens is 180 g/mol. The number of hydrogen-bond donors (Lipinski definition) is 0. The first-order valence-electron chi connectivity index (χ1n) is 5.14. The van der Waals surface area contributed by atoms with Crippen molar-refractivity contribution in [2.45, 2.75) is 38.5 Å². The minimum atomic E-state index is 1.15. The van der Waals surface area contributed by atoms with Crippen molar-refractivity contribution in [1.29, 1.82) is 0 Å². The van der Waals surface area contributed by atoms with Gasteiger partial charge in [0.15, 0.2) is 0 Å².